The SMILES string of the molecule is CCCC(CCC)c1ccc(Cl)c2nc(Nc3cccc4c3CCCC4)n(C)c12. The lowest BCUT2D eigenvalue weighted by atomic mass is 9.89. The monoisotopic (exact) mass is 409 g/mol. The van der Waals surface area contributed by atoms with E-state index in [1.165, 1.54) is 72.8 Å². The molecule has 0 saturated heterocycles. The Morgan fingerprint density at radius 2 is 1.83 bits per heavy atom. The Hall–Kier alpha value is -2.00. The van der Waals surface area contributed by atoms with Gasteiger partial charge in [0.05, 0.1) is 10.5 Å². The molecule has 4 heteroatoms. The normalized spacial score (nSPS) is 13.8. The second kappa shape index (κ2) is 8.79. The van der Waals surface area contributed by atoms with Crippen LogP contribution in [0.1, 0.15) is 75.0 Å². The molecule has 29 heavy (non-hydrogen) atoms. The maximum Gasteiger partial charge on any atom is 0.208 e. The molecule has 0 radical (unpaired) electrons. The van der Waals surface area contributed by atoms with E-state index in [1.54, 1.807) is 0 Å². The minimum absolute atomic E-state index is 0.553. The van der Waals surface area contributed by atoms with E-state index in [1.807, 2.05) is 6.07 Å². The molecule has 4 rings (SSSR count). The number of fused-ring (bicyclic) bond motifs is 2. The predicted molar refractivity (Wildman–Crippen MR) is 125 cm³/mol. The number of aryl methyl sites for hydroxylation is 2. The van der Waals surface area contributed by atoms with Crippen LogP contribution in [0, 0.1) is 0 Å². The second-order valence-electron chi connectivity index (χ2n) is 8.38. The summed E-state index contributed by atoms with van der Waals surface area (Å²) in [7, 11) is 2.11. The summed E-state index contributed by atoms with van der Waals surface area (Å²) in [6, 6.07) is 10.9. The van der Waals surface area contributed by atoms with Crippen LogP contribution in [0.3, 0.4) is 0 Å². The zero-order valence-electron chi connectivity index (χ0n) is 17.9. The van der Waals surface area contributed by atoms with Crippen molar-refractivity contribution in [2.45, 2.75) is 71.1 Å². The number of halogens is 1. The van der Waals surface area contributed by atoms with Crippen LogP contribution in [-0.2, 0) is 19.9 Å². The van der Waals surface area contributed by atoms with Crippen LogP contribution in [0.25, 0.3) is 11.0 Å². The van der Waals surface area contributed by atoms with E-state index < -0.39 is 0 Å². The highest BCUT2D eigenvalue weighted by Gasteiger charge is 2.21. The summed E-state index contributed by atoms with van der Waals surface area (Å²) in [5.41, 5.74) is 7.59. The van der Waals surface area contributed by atoms with Crippen molar-refractivity contribution >= 4 is 34.3 Å². The molecule has 1 aliphatic rings. The third-order valence-electron chi connectivity index (χ3n) is 6.36. The molecule has 1 heterocycles. The molecule has 3 aromatic rings. The van der Waals surface area contributed by atoms with Gasteiger partial charge in [0.15, 0.2) is 0 Å². The van der Waals surface area contributed by atoms with Gasteiger partial charge >= 0.3 is 0 Å². The van der Waals surface area contributed by atoms with Gasteiger partial charge in [-0.15, -0.1) is 0 Å². The lowest BCUT2D eigenvalue weighted by Gasteiger charge is -2.20. The number of benzene rings is 2. The Morgan fingerprint density at radius 1 is 1.07 bits per heavy atom. The molecule has 0 atom stereocenters. The van der Waals surface area contributed by atoms with Gasteiger partial charge in [-0.25, -0.2) is 4.98 Å². The van der Waals surface area contributed by atoms with Crippen LogP contribution in [-0.4, -0.2) is 9.55 Å². The lowest BCUT2D eigenvalue weighted by molar-refractivity contribution is 0.562. The molecule has 3 nitrogen and oxygen atoms in total. The van der Waals surface area contributed by atoms with Gasteiger partial charge in [-0.2, -0.15) is 0 Å². The molecule has 154 valence electrons. The number of rotatable bonds is 7. The highest BCUT2D eigenvalue weighted by atomic mass is 35.5. The molecule has 0 bridgehead atoms. The topological polar surface area (TPSA) is 29.9 Å². The van der Waals surface area contributed by atoms with Crippen LogP contribution in [0.4, 0.5) is 11.6 Å². The van der Waals surface area contributed by atoms with Crippen molar-refractivity contribution in [2.24, 2.45) is 7.05 Å². The second-order valence-corrected chi connectivity index (χ2v) is 8.79. The molecule has 0 fully saturated rings. The summed E-state index contributed by atoms with van der Waals surface area (Å²) in [5, 5.41) is 4.37. The van der Waals surface area contributed by atoms with E-state index in [-0.39, 0.29) is 0 Å². The fourth-order valence-electron chi connectivity index (χ4n) is 4.93. The molecule has 0 spiro atoms. The zero-order valence-corrected chi connectivity index (χ0v) is 18.6. The van der Waals surface area contributed by atoms with E-state index in [0.29, 0.717) is 5.92 Å². The Morgan fingerprint density at radius 3 is 2.59 bits per heavy atom. The van der Waals surface area contributed by atoms with Gasteiger partial charge in [0.25, 0.3) is 0 Å². The van der Waals surface area contributed by atoms with E-state index in [0.717, 1.165) is 22.9 Å². The average molecular weight is 410 g/mol. The van der Waals surface area contributed by atoms with Crippen LogP contribution in [0.15, 0.2) is 30.3 Å². The van der Waals surface area contributed by atoms with E-state index in [4.69, 9.17) is 16.6 Å². The molecular formula is C25H32ClN3. The summed E-state index contributed by atoms with van der Waals surface area (Å²) in [6.45, 7) is 4.54. The molecule has 0 amide bonds. The number of hydrogen-bond donors (Lipinski definition) is 1. The van der Waals surface area contributed by atoms with Crippen molar-refractivity contribution < 1.29 is 0 Å². The van der Waals surface area contributed by atoms with Gasteiger partial charge < -0.3 is 9.88 Å². The number of nitrogens with zero attached hydrogens (tertiary/aromatic N) is 2. The smallest absolute Gasteiger partial charge is 0.208 e. The summed E-state index contributed by atoms with van der Waals surface area (Å²) in [5.74, 6) is 1.43. The van der Waals surface area contributed by atoms with Crippen molar-refractivity contribution in [1.82, 2.24) is 9.55 Å². The number of imidazole rings is 1. The number of aromatic nitrogens is 2. The van der Waals surface area contributed by atoms with E-state index in [2.05, 4.69) is 55.0 Å². The van der Waals surface area contributed by atoms with Crippen molar-refractivity contribution in [3.8, 4) is 0 Å². The lowest BCUT2D eigenvalue weighted by Crippen LogP contribution is -2.08. The molecule has 0 saturated carbocycles. The van der Waals surface area contributed by atoms with E-state index in [9.17, 15) is 0 Å². The first kappa shape index (κ1) is 20.3. The van der Waals surface area contributed by atoms with Crippen molar-refractivity contribution in [3.05, 3.63) is 52.0 Å². The van der Waals surface area contributed by atoms with Gasteiger partial charge in [0, 0.05) is 12.7 Å². The summed E-state index contributed by atoms with van der Waals surface area (Å²) in [4.78, 5) is 4.94. The first-order chi connectivity index (χ1) is 14.1. The fourth-order valence-corrected chi connectivity index (χ4v) is 5.12. The molecule has 0 aliphatic heterocycles. The van der Waals surface area contributed by atoms with Crippen LogP contribution in [0.2, 0.25) is 5.02 Å². The minimum Gasteiger partial charge on any atom is -0.325 e. The first-order valence-corrected chi connectivity index (χ1v) is 11.5. The third-order valence-corrected chi connectivity index (χ3v) is 6.67. The van der Waals surface area contributed by atoms with Gasteiger partial charge in [-0.1, -0.05) is 56.5 Å². The highest BCUT2D eigenvalue weighted by Crippen LogP contribution is 2.37. The zero-order chi connectivity index (χ0) is 20.4. The number of hydrogen-bond acceptors (Lipinski definition) is 2. The Bertz CT molecular complexity index is 999. The minimum atomic E-state index is 0.553. The van der Waals surface area contributed by atoms with Crippen molar-refractivity contribution in [3.63, 3.8) is 0 Å². The van der Waals surface area contributed by atoms with Crippen LogP contribution >= 0.6 is 11.6 Å². The quantitative estimate of drug-likeness (QED) is 0.436. The molecule has 0 unspecified atom stereocenters. The maximum atomic E-state index is 6.59. The average Bonchev–Trinajstić information content (AvgIpc) is 3.06. The highest BCUT2D eigenvalue weighted by molar-refractivity contribution is 6.35. The van der Waals surface area contributed by atoms with E-state index >= 15 is 0 Å². The first-order valence-electron chi connectivity index (χ1n) is 11.2. The van der Waals surface area contributed by atoms with Crippen LogP contribution < -0.4 is 5.32 Å². The third kappa shape index (κ3) is 3.90. The van der Waals surface area contributed by atoms with Gasteiger partial charge in [0.1, 0.15) is 5.52 Å². The maximum absolute atomic E-state index is 6.59. The Balaban J connectivity index is 1.78. The van der Waals surface area contributed by atoms with Crippen molar-refractivity contribution in [1.29, 1.82) is 0 Å². The molecule has 1 N–H and O–H groups in total. The predicted octanol–water partition coefficient (Wildman–Crippen LogP) is 7.53. The van der Waals surface area contributed by atoms with Gasteiger partial charge in [-0.3, -0.25) is 0 Å². The van der Waals surface area contributed by atoms with Crippen LogP contribution in [0.5, 0.6) is 0 Å². The number of nitrogens with one attached hydrogen (secondary N) is 1. The van der Waals surface area contributed by atoms with Crippen molar-refractivity contribution in [2.75, 3.05) is 5.32 Å². The molecule has 2 aromatic carbocycles. The Labute approximate surface area is 179 Å². The largest absolute Gasteiger partial charge is 0.325 e. The number of anilines is 2. The fraction of sp³-hybridized carbons (Fsp3) is 0.480. The summed E-state index contributed by atoms with van der Waals surface area (Å²) in [6.07, 6.45) is 9.65. The molecule has 1 aromatic heterocycles. The summed E-state index contributed by atoms with van der Waals surface area (Å²) < 4.78 is 2.21. The Kier molecular flexibility index (Phi) is 6.15. The van der Waals surface area contributed by atoms with Gasteiger partial charge in [0.2, 0.25) is 5.95 Å². The van der Waals surface area contributed by atoms with Gasteiger partial charge in [-0.05, 0) is 73.3 Å². The summed E-state index contributed by atoms with van der Waals surface area (Å²) >= 11 is 6.59. The molecular weight excluding hydrogens is 378 g/mol. The molecule has 1 aliphatic carbocycles. The standard InChI is InChI=1S/C25H32ClN3/c1-4-9-17(10-5-2)20-15-16-21(26)23-24(20)29(3)25(28-23)27-22-14-8-12-18-11-6-7-13-19(18)22/h8,12,14-17H,4-7,9-11,13H2,1-3H3,(H,27,28).